The lowest BCUT2D eigenvalue weighted by Crippen LogP contribution is -2.34. The molecule has 0 aromatic heterocycles. The van der Waals surface area contributed by atoms with Crippen LogP contribution >= 0.6 is 0 Å². The van der Waals surface area contributed by atoms with E-state index in [1.54, 1.807) is 12.0 Å². The van der Waals surface area contributed by atoms with Crippen LogP contribution in [0, 0.1) is 11.8 Å². The molecule has 0 radical (unpaired) electrons. The van der Waals surface area contributed by atoms with Crippen LogP contribution in [0.4, 0.5) is 0 Å². The highest BCUT2D eigenvalue weighted by Crippen LogP contribution is 2.18. The maximum Gasteiger partial charge on any atom is 0.225 e. The average Bonchev–Trinajstić information content (AvgIpc) is 2.71. The Balaban J connectivity index is 2.28. The molecular formula is C14H26N2O3. The molecule has 5 heteroatoms. The second kappa shape index (κ2) is 8.15. The molecule has 1 atom stereocenters. The molecule has 1 aliphatic heterocycles. The van der Waals surface area contributed by atoms with Gasteiger partial charge < -0.3 is 15.0 Å². The quantitative estimate of drug-likeness (QED) is 0.670. The van der Waals surface area contributed by atoms with E-state index in [2.05, 4.69) is 19.2 Å². The van der Waals surface area contributed by atoms with E-state index in [1.807, 2.05) is 0 Å². The molecule has 1 unspecified atom stereocenters. The fourth-order valence-corrected chi connectivity index (χ4v) is 2.19. The van der Waals surface area contributed by atoms with Crippen molar-refractivity contribution in [3.8, 4) is 0 Å². The number of hydrogen-bond acceptors (Lipinski definition) is 3. The molecule has 1 saturated heterocycles. The number of nitrogens with one attached hydrogen (secondary N) is 1. The maximum absolute atomic E-state index is 11.9. The van der Waals surface area contributed by atoms with Gasteiger partial charge in [-0.15, -0.1) is 0 Å². The molecule has 1 fully saturated rings. The zero-order valence-corrected chi connectivity index (χ0v) is 12.3. The minimum atomic E-state index is -0.179. The summed E-state index contributed by atoms with van der Waals surface area (Å²) in [5, 5.41) is 2.92. The number of hydrogen-bond donors (Lipinski definition) is 1. The minimum absolute atomic E-state index is 0.0169. The summed E-state index contributed by atoms with van der Waals surface area (Å²) in [5.41, 5.74) is 0. The van der Waals surface area contributed by atoms with E-state index in [0.29, 0.717) is 38.6 Å². The number of nitrogens with zero attached hydrogens (tertiary/aromatic N) is 1. The van der Waals surface area contributed by atoms with Gasteiger partial charge in [-0.3, -0.25) is 9.59 Å². The third-order valence-corrected chi connectivity index (χ3v) is 3.38. The molecule has 0 saturated carbocycles. The van der Waals surface area contributed by atoms with Gasteiger partial charge in [0.2, 0.25) is 11.8 Å². The van der Waals surface area contributed by atoms with E-state index in [1.165, 1.54) is 0 Å². The molecule has 1 heterocycles. The lowest BCUT2D eigenvalue weighted by Gasteiger charge is -2.16. The van der Waals surface area contributed by atoms with Gasteiger partial charge in [0, 0.05) is 39.8 Å². The Bertz CT molecular complexity index is 305. The van der Waals surface area contributed by atoms with Crippen LogP contribution in [-0.4, -0.2) is 50.1 Å². The molecule has 1 rings (SSSR count). The molecule has 0 aromatic carbocycles. The van der Waals surface area contributed by atoms with Gasteiger partial charge in [-0.1, -0.05) is 13.8 Å². The van der Waals surface area contributed by atoms with E-state index in [0.717, 1.165) is 12.8 Å². The number of rotatable bonds is 8. The number of ether oxygens (including phenoxy) is 1. The lowest BCUT2D eigenvalue weighted by atomic mass is 10.1. The summed E-state index contributed by atoms with van der Waals surface area (Å²) >= 11 is 0. The van der Waals surface area contributed by atoms with Crippen molar-refractivity contribution in [2.45, 2.75) is 33.1 Å². The summed E-state index contributed by atoms with van der Waals surface area (Å²) in [4.78, 5) is 25.5. The highest BCUT2D eigenvalue weighted by Gasteiger charge is 2.33. The molecule has 2 amide bonds. The summed E-state index contributed by atoms with van der Waals surface area (Å²) in [6, 6.07) is 0. The highest BCUT2D eigenvalue weighted by molar-refractivity contribution is 5.89. The zero-order valence-electron chi connectivity index (χ0n) is 12.3. The van der Waals surface area contributed by atoms with Crippen LogP contribution in [0.15, 0.2) is 0 Å². The number of carbonyl (C=O) groups excluding carboxylic acids is 2. The number of methoxy groups -OCH3 is 1. The summed E-state index contributed by atoms with van der Waals surface area (Å²) < 4.78 is 4.97. The highest BCUT2D eigenvalue weighted by atomic mass is 16.5. The van der Waals surface area contributed by atoms with E-state index in [9.17, 15) is 9.59 Å². The van der Waals surface area contributed by atoms with Crippen molar-refractivity contribution < 1.29 is 14.3 Å². The van der Waals surface area contributed by atoms with E-state index < -0.39 is 0 Å². The number of likely N-dealkylation sites (tertiary alicyclic amines) is 1. The van der Waals surface area contributed by atoms with Crippen LogP contribution in [0.3, 0.4) is 0 Å². The topological polar surface area (TPSA) is 58.6 Å². The Kier molecular flexibility index (Phi) is 6.84. The van der Waals surface area contributed by atoms with Gasteiger partial charge in [0.1, 0.15) is 0 Å². The van der Waals surface area contributed by atoms with Crippen LogP contribution in [-0.2, 0) is 14.3 Å². The fourth-order valence-electron chi connectivity index (χ4n) is 2.19. The van der Waals surface area contributed by atoms with Crippen LogP contribution in [0.2, 0.25) is 0 Å². The first-order chi connectivity index (χ1) is 9.04. The molecule has 5 nitrogen and oxygen atoms in total. The first-order valence-corrected chi connectivity index (χ1v) is 7.09. The van der Waals surface area contributed by atoms with Gasteiger partial charge in [0.05, 0.1) is 5.92 Å². The third-order valence-electron chi connectivity index (χ3n) is 3.38. The minimum Gasteiger partial charge on any atom is -0.385 e. The zero-order chi connectivity index (χ0) is 14.3. The normalized spacial score (nSPS) is 19.3. The van der Waals surface area contributed by atoms with E-state index in [4.69, 9.17) is 4.74 Å². The van der Waals surface area contributed by atoms with Crippen molar-refractivity contribution in [3.63, 3.8) is 0 Å². The molecule has 19 heavy (non-hydrogen) atoms. The smallest absolute Gasteiger partial charge is 0.225 e. The van der Waals surface area contributed by atoms with E-state index in [-0.39, 0.29) is 17.7 Å². The molecule has 0 spiro atoms. The summed E-state index contributed by atoms with van der Waals surface area (Å²) in [7, 11) is 1.65. The van der Waals surface area contributed by atoms with Gasteiger partial charge in [0.15, 0.2) is 0 Å². The fraction of sp³-hybridized carbons (Fsp3) is 0.857. The third kappa shape index (κ3) is 5.59. The molecule has 0 bridgehead atoms. The molecule has 0 aromatic rings. The van der Waals surface area contributed by atoms with Gasteiger partial charge in [0.25, 0.3) is 0 Å². The Labute approximate surface area is 115 Å². The van der Waals surface area contributed by atoms with Crippen molar-refractivity contribution in [1.82, 2.24) is 10.2 Å². The Hall–Kier alpha value is -1.10. The van der Waals surface area contributed by atoms with Gasteiger partial charge >= 0.3 is 0 Å². The first kappa shape index (κ1) is 16.0. The monoisotopic (exact) mass is 270 g/mol. The first-order valence-electron chi connectivity index (χ1n) is 7.09. The Morgan fingerprint density at radius 3 is 2.89 bits per heavy atom. The van der Waals surface area contributed by atoms with Crippen molar-refractivity contribution in [2.24, 2.45) is 11.8 Å². The van der Waals surface area contributed by atoms with E-state index >= 15 is 0 Å². The second-order valence-corrected chi connectivity index (χ2v) is 5.56. The van der Waals surface area contributed by atoms with Crippen LogP contribution in [0.25, 0.3) is 0 Å². The lowest BCUT2D eigenvalue weighted by molar-refractivity contribution is -0.129. The van der Waals surface area contributed by atoms with Crippen molar-refractivity contribution >= 4 is 11.8 Å². The van der Waals surface area contributed by atoms with Crippen LogP contribution in [0.1, 0.15) is 33.1 Å². The van der Waals surface area contributed by atoms with Crippen molar-refractivity contribution in [3.05, 3.63) is 0 Å². The summed E-state index contributed by atoms with van der Waals surface area (Å²) in [6.45, 7) is 6.84. The molecular weight excluding hydrogens is 244 g/mol. The van der Waals surface area contributed by atoms with Crippen molar-refractivity contribution in [1.29, 1.82) is 0 Å². The standard InChI is InChI=1S/C14H26N2O3/c1-11(2)5-6-15-14(18)12-9-13(17)16(10-12)7-4-8-19-3/h11-12H,4-10H2,1-3H3,(H,15,18). The molecule has 1 N–H and O–H groups in total. The van der Waals surface area contributed by atoms with Gasteiger partial charge in [-0.2, -0.15) is 0 Å². The van der Waals surface area contributed by atoms with Crippen molar-refractivity contribution in [2.75, 3.05) is 33.4 Å². The molecule has 0 aliphatic carbocycles. The number of amides is 2. The van der Waals surface area contributed by atoms with Gasteiger partial charge in [-0.25, -0.2) is 0 Å². The molecule has 1 aliphatic rings. The Morgan fingerprint density at radius 1 is 1.53 bits per heavy atom. The largest absolute Gasteiger partial charge is 0.385 e. The second-order valence-electron chi connectivity index (χ2n) is 5.56. The summed E-state index contributed by atoms with van der Waals surface area (Å²) in [5.74, 6) is 0.501. The number of carbonyl (C=O) groups is 2. The van der Waals surface area contributed by atoms with Gasteiger partial charge in [-0.05, 0) is 18.8 Å². The molecule has 110 valence electrons. The predicted octanol–water partition coefficient (Wildman–Crippen LogP) is 1.03. The van der Waals surface area contributed by atoms with Crippen LogP contribution < -0.4 is 5.32 Å². The maximum atomic E-state index is 11.9. The predicted molar refractivity (Wildman–Crippen MR) is 73.6 cm³/mol. The Morgan fingerprint density at radius 2 is 2.26 bits per heavy atom. The average molecular weight is 270 g/mol. The summed E-state index contributed by atoms with van der Waals surface area (Å²) in [6.07, 6.45) is 2.15. The SMILES string of the molecule is COCCCN1CC(C(=O)NCCC(C)C)CC1=O. The van der Waals surface area contributed by atoms with Crippen LogP contribution in [0.5, 0.6) is 0 Å².